The normalized spacial score (nSPS) is 10.7. The van der Waals surface area contributed by atoms with Crippen LogP contribution in [-0.4, -0.2) is 52.7 Å². The Morgan fingerprint density at radius 3 is 1.12 bits per heavy atom. The van der Waals surface area contributed by atoms with E-state index in [1.165, 1.54) is 33.9 Å². The van der Waals surface area contributed by atoms with Crippen molar-refractivity contribution >= 4 is 30.2 Å². The SMILES string of the molecule is C.Fc1ccccc1-c1nnc(-c2ccccc2)n1-c1ccccc1.Fc1ccccc1-c1nnc(-c2ccccc2)o1.[B].c1ccc(-c2nnc(-c3ccccc3-n3c4ccccc4c4ccccc43)n2-c2ccccc2)cc1. The summed E-state index contributed by atoms with van der Waals surface area (Å²) in [6.07, 6.45) is 0. The minimum Gasteiger partial charge on any atom is -0.416 e. The van der Waals surface area contributed by atoms with Gasteiger partial charge < -0.3 is 8.98 Å². The Kier molecular flexibility index (Phi) is 15.9. The molecule has 4 heterocycles. The molecule has 10 nitrogen and oxygen atoms in total. The molecule has 0 amide bonds. The molecule has 0 unspecified atom stereocenters. The second kappa shape index (κ2) is 24.1. The van der Waals surface area contributed by atoms with Gasteiger partial charge in [0, 0.05) is 52.8 Å². The molecule has 13 heteroatoms. The van der Waals surface area contributed by atoms with Crippen LogP contribution < -0.4 is 0 Å². The van der Waals surface area contributed by atoms with Gasteiger partial charge in [-0.3, -0.25) is 9.13 Å². The molecule has 0 saturated heterocycles. The van der Waals surface area contributed by atoms with Gasteiger partial charge in [-0.2, -0.15) is 0 Å². The molecule has 385 valence electrons. The summed E-state index contributed by atoms with van der Waals surface area (Å²) in [5, 5.41) is 28.3. The molecule has 0 aliphatic rings. The lowest BCUT2D eigenvalue weighted by molar-refractivity contribution is 0.570. The molecular weight excluding hydrogens is 996 g/mol. The summed E-state index contributed by atoms with van der Waals surface area (Å²) in [6, 6.07) is 88.0. The minimum atomic E-state index is -0.374. The van der Waals surface area contributed by atoms with Gasteiger partial charge in [-0.25, -0.2) is 8.78 Å². The number of nitrogens with zero attached hydrogens (tertiary/aromatic N) is 9. The van der Waals surface area contributed by atoms with Gasteiger partial charge in [0.15, 0.2) is 23.3 Å². The summed E-state index contributed by atoms with van der Waals surface area (Å²) in [7, 11) is 0. The van der Waals surface area contributed by atoms with E-state index in [-0.39, 0.29) is 33.4 Å². The van der Waals surface area contributed by atoms with Gasteiger partial charge in [0.25, 0.3) is 5.89 Å². The molecule has 0 aliphatic heterocycles. The van der Waals surface area contributed by atoms with E-state index in [0.717, 1.165) is 51.0 Å². The van der Waals surface area contributed by atoms with Gasteiger partial charge in [0.2, 0.25) is 5.89 Å². The van der Waals surface area contributed by atoms with Crippen LogP contribution in [0.1, 0.15) is 7.43 Å². The zero-order valence-electron chi connectivity index (χ0n) is 42.2. The maximum atomic E-state index is 14.3. The number of halogens is 2. The Bertz CT molecular complexity index is 4250. The Balaban J connectivity index is 0.000000142. The van der Waals surface area contributed by atoms with Crippen LogP contribution in [0.4, 0.5) is 8.78 Å². The van der Waals surface area contributed by atoms with Crippen molar-refractivity contribution in [3.63, 3.8) is 0 Å². The summed E-state index contributed by atoms with van der Waals surface area (Å²) in [4.78, 5) is 0. The fourth-order valence-corrected chi connectivity index (χ4v) is 9.46. The smallest absolute Gasteiger partial charge is 0.251 e. The van der Waals surface area contributed by atoms with Gasteiger partial charge in [0.05, 0.1) is 27.8 Å². The average Bonchev–Trinajstić information content (AvgIpc) is 4.42. The number of hydrogen-bond acceptors (Lipinski definition) is 7. The van der Waals surface area contributed by atoms with E-state index < -0.39 is 0 Å². The first-order valence-corrected chi connectivity index (χ1v) is 25.2. The molecule has 0 saturated carbocycles. The average molecular weight is 1040 g/mol. The zero-order chi connectivity index (χ0) is 52.6. The Morgan fingerprint density at radius 1 is 0.287 bits per heavy atom. The molecule has 0 aliphatic carbocycles. The van der Waals surface area contributed by atoms with E-state index in [0.29, 0.717) is 28.7 Å². The predicted octanol–water partition coefficient (Wildman–Crippen LogP) is 16.2. The Hall–Kier alpha value is -10.7. The van der Waals surface area contributed by atoms with E-state index in [1.54, 1.807) is 36.4 Å². The monoisotopic (exact) mass is 1040 g/mol. The van der Waals surface area contributed by atoms with Crippen LogP contribution in [-0.2, 0) is 0 Å². The largest absolute Gasteiger partial charge is 0.416 e. The van der Waals surface area contributed by atoms with Crippen molar-refractivity contribution in [1.29, 1.82) is 0 Å². The number of hydrogen-bond donors (Lipinski definition) is 0. The highest BCUT2D eigenvalue weighted by Gasteiger charge is 2.23. The van der Waals surface area contributed by atoms with Crippen LogP contribution in [0.5, 0.6) is 0 Å². The summed E-state index contributed by atoms with van der Waals surface area (Å²) in [5.41, 5.74) is 9.83. The molecular formula is C67H49BF2N9O. The first-order valence-electron chi connectivity index (χ1n) is 25.2. The van der Waals surface area contributed by atoms with E-state index in [1.807, 2.05) is 132 Å². The van der Waals surface area contributed by atoms with E-state index in [9.17, 15) is 8.78 Å². The third kappa shape index (κ3) is 10.6. The van der Waals surface area contributed by atoms with Crippen LogP contribution in [0, 0.1) is 11.6 Å². The first kappa shape index (κ1) is 52.8. The van der Waals surface area contributed by atoms with Gasteiger partial charge in [-0.05, 0) is 84.9 Å². The van der Waals surface area contributed by atoms with Crippen LogP contribution in [0.15, 0.2) is 277 Å². The van der Waals surface area contributed by atoms with Crippen molar-refractivity contribution in [2.45, 2.75) is 7.43 Å². The lowest BCUT2D eigenvalue weighted by Gasteiger charge is -2.15. The van der Waals surface area contributed by atoms with Crippen LogP contribution in [0.25, 0.3) is 107 Å². The quantitative estimate of drug-likeness (QED) is 0.133. The number of benzene rings is 10. The number of rotatable bonds is 9. The van der Waals surface area contributed by atoms with Crippen molar-refractivity contribution in [3.8, 4) is 85.5 Å². The molecule has 3 radical (unpaired) electrons. The summed E-state index contributed by atoms with van der Waals surface area (Å²) < 4.78 is 39.7. The number of fused-ring (bicyclic) bond motifs is 3. The van der Waals surface area contributed by atoms with E-state index >= 15 is 0 Å². The highest BCUT2D eigenvalue weighted by Crippen LogP contribution is 2.38. The highest BCUT2D eigenvalue weighted by molar-refractivity contribution is 6.09. The lowest BCUT2D eigenvalue weighted by atomic mass is 10.1. The molecule has 80 heavy (non-hydrogen) atoms. The third-order valence-corrected chi connectivity index (χ3v) is 13.0. The second-order valence-electron chi connectivity index (χ2n) is 17.9. The number of para-hydroxylation sites is 5. The lowest BCUT2D eigenvalue weighted by Crippen LogP contribution is -2.03. The Labute approximate surface area is 463 Å². The molecule has 14 rings (SSSR count). The van der Waals surface area contributed by atoms with Crippen LogP contribution in [0.3, 0.4) is 0 Å². The number of aromatic nitrogens is 9. The fraction of sp³-hybridized carbons (Fsp3) is 0.0149. The predicted molar refractivity (Wildman–Crippen MR) is 316 cm³/mol. The Morgan fingerprint density at radius 2 is 0.637 bits per heavy atom. The maximum Gasteiger partial charge on any atom is 0.251 e. The van der Waals surface area contributed by atoms with Gasteiger partial charge in [-0.1, -0.05) is 195 Å². The molecule has 0 N–H and O–H groups in total. The van der Waals surface area contributed by atoms with Crippen molar-refractivity contribution in [1.82, 2.24) is 44.3 Å². The fourth-order valence-electron chi connectivity index (χ4n) is 9.46. The van der Waals surface area contributed by atoms with Crippen molar-refractivity contribution in [3.05, 3.63) is 285 Å². The summed E-state index contributed by atoms with van der Waals surface area (Å²) >= 11 is 0. The molecule has 10 aromatic carbocycles. The summed E-state index contributed by atoms with van der Waals surface area (Å²) in [5.74, 6) is 2.66. The second-order valence-corrected chi connectivity index (χ2v) is 17.9. The van der Waals surface area contributed by atoms with Crippen LogP contribution >= 0.6 is 0 Å². The van der Waals surface area contributed by atoms with Crippen molar-refractivity contribution < 1.29 is 13.2 Å². The van der Waals surface area contributed by atoms with Crippen molar-refractivity contribution in [2.24, 2.45) is 0 Å². The third-order valence-electron chi connectivity index (χ3n) is 13.0. The van der Waals surface area contributed by atoms with E-state index in [2.05, 4.69) is 132 Å². The first-order chi connectivity index (χ1) is 38.6. The van der Waals surface area contributed by atoms with Crippen LogP contribution in [0.2, 0.25) is 0 Å². The van der Waals surface area contributed by atoms with Gasteiger partial charge >= 0.3 is 0 Å². The molecule has 0 bridgehead atoms. The van der Waals surface area contributed by atoms with Gasteiger partial charge in [0.1, 0.15) is 11.6 Å². The topological polar surface area (TPSA) is 105 Å². The standard InChI is InChI=1S/C32H22N4.C20H14FN3.C14H9FN2O.CH4.B/c1-3-13-23(14-4-1)31-33-34-32(35(31)24-15-5-2-6-16-24)27-19-9-12-22-30(27)36-28-20-10-7-17-25(28)26-18-8-11-21-29(26)36;21-18-14-8-7-13-17(18)20-23-22-19(15-9-3-1-4-10-15)24(20)16-11-5-2-6-12-16;15-12-9-5-4-8-11(12)14-17-16-13(18-14)10-6-2-1-3-7-10;;/h1-22H;1-14H;1-9H;1H4;. The molecule has 14 aromatic rings. The maximum absolute atomic E-state index is 14.3. The molecule has 4 aromatic heterocycles. The molecule has 0 fully saturated rings. The van der Waals surface area contributed by atoms with E-state index in [4.69, 9.17) is 9.52 Å². The highest BCUT2D eigenvalue weighted by atomic mass is 19.1. The minimum absolute atomic E-state index is 0. The molecule has 0 spiro atoms. The molecule has 0 atom stereocenters. The zero-order valence-corrected chi connectivity index (χ0v) is 42.2. The summed E-state index contributed by atoms with van der Waals surface area (Å²) in [6.45, 7) is 0. The van der Waals surface area contributed by atoms with Gasteiger partial charge in [-0.15, -0.1) is 30.6 Å². The van der Waals surface area contributed by atoms with Crippen molar-refractivity contribution in [2.75, 3.05) is 0 Å².